The first-order chi connectivity index (χ1) is 0. The van der Waals surface area contributed by atoms with Gasteiger partial charge in [0.2, 0.25) is 0 Å². The predicted molar refractivity (Wildman–Crippen MR) is 17.3 cm³/mol. The molecular formula is Se3Ta-. The fourth-order valence-corrected chi connectivity index (χ4v) is 0. The average molecular weight is 418 g/mol. The Morgan fingerprint density at radius 1 is 0.500 bits per heavy atom. The molecular weight excluding hydrogens is 418 g/mol. The van der Waals surface area contributed by atoms with Gasteiger partial charge in [-0.2, -0.15) is 0 Å². The van der Waals surface area contributed by atoms with Crippen LogP contribution >= 0.6 is 0 Å². The van der Waals surface area contributed by atoms with Crippen LogP contribution in [0, 0.1) is 0 Å². The molecule has 0 rings (SSSR count). The van der Waals surface area contributed by atoms with Crippen molar-refractivity contribution in [3.63, 3.8) is 0 Å². The molecule has 0 aliphatic rings. The minimum Gasteiger partial charge on any atom is -2.00 e. The van der Waals surface area contributed by atoms with E-state index >= 15 is 0 Å². The smallest absolute Gasteiger partial charge is 2.00 e. The van der Waals surface area contributed by atoms with Crippen molar-refractivity contribution in [1.29, 1.82) is 0 Å². The van der Waals surface area contributed by atoms with Gasteiger partial charge in [-0.05, 0) is 0 Å². The van der Waals surface area contributed by atoms with Crippen molar-refractivity contribution in [2.24, 2.45) is 0 Å². The molecule has 4 heteroatoms. The first-order valence-corrected chi connectivity index (χ1v) is 0. The molecule has 0 nitrogen and oxygen atoms in total. The van der Waals surface area contributed by atoms with E-state index in [1.165, 1.54) is 0 Å². The van der Waals surface area contributed by atoms with E-state index in [-0.39, 0.29) is 73.6 Å². The first-order valence-electron chi connectivity index (χ1n) is 0. The van der Waals surface area contributed by atoms with Crippen molar-refractivity contribution in [3.8, 4) is 0 Å². The second-order valence-corrected chi connectivity index (χ2v) is 0. The van der Waals surface area contributed by atoms with Gasteiger partial charge in [0.25, 0.3) is 0 Å². The van der Waals surface area contributed by atoms with Gasteiger partial charge in [-0.15, -0.1) is 0 Å². The Balaban J connectivity index is 0. The largest absolute Gasteiger partial charge is 5.00 e. The molecule has 0 bridgehead atoms. The molecule has 0 radical (unpaired) electrons. The van der Waals surface area contributed by atoms with Crippen LogP contribution in [0.1, 0.15) is 0 Å². The Morgan fingerprint density at radius 2 is 0.500 bits per heavy atom. The van der Waals surface area contributed by atoms with Crippen LogP contribution in [0.15, 0.2) is 0 Å². The Bertz CT molecular complexity index is 3.25. The van der Waals surface area contributed by atoms with Gasteiger partial charge in [0, 0.05) is 0 Å². The quantitative estimate of drug-likeness (QED) is 0.437. The zero-order valence-corrected chi connectivity index (χ0v) is 10.0. The summed E-state index contributed by atoms with van der Waals surface area (Å²) >= 11 is 0. The van der Waals surface area contributed by atoms with Crippen molar-refractivity contribution in [2.75, 3.05) is 0 Å². The zero-order valence-electron chi connectivity index (χ0n) is 1.67. The summed E-state index contributed by atoms with van der Waals surface area (Å²) in [5, 5.41) is 0. The van der Waals surface area contributed by atoms with Crippen molar-refractivity contribution < 1.29 is 22.4 Å². The second kappa shape index (κ2) is 18.5. The van der Waals surface area contributed by atoms with Crippen LogP contribution in [-0.2, 0) is 22.4 Å². The standard InChI is InChI=1S/3Se.Ta/q3*-2;+5. The van der Waals surface area contributed by atoms with E-state index in [1.54, 1.807) is 0 Å². The van der Waals surface area contributed by atoms with Gasteiger partial charge in [-0.1, -0.05) is 0 Å². The van der Waals surface area contributed by atoms with E-state index in [9.17, 15) is 0 Å². The maximum absolute atomic E-state index is 0. The molecule has 0 fully saturated rings. The SMILES string of the molecule is [Se-2].[Se-2].[Se-2].[Ta+5]. The maximum Gasteiger partial charge on any atom is 5.00 e. The zero-order chi connectivity index (χ0) is 0. The molecule has 0 aliphatic heterocycles. The van der Waals surface area contributed by atoms with Crippen LogP contribution in [0.4, 0.5) is 0 Å². The third-order valence-corrected chi connectivity index (χ3v) is 0. The van der Waals surface area contributed by atoms with Crippen LogP contribution in [0.5, 0.6) is 0 Å². The molecule has 0 aromatic rings. The minimum atomic E-state index is 0. The van der Waals surface area contributed by atoms with E-state index in [2.05, 4.69) is 0 Å². The minimum absolute atomic E-state index is 0. The Hall–Kier alpha value is 2.30. The molecule has 0 saturated heterocycles. The Morgan fingerprint density at radius 3 is 0.500 bits per heavy atom. The molecule has 0 atom stereocenters. The average Bonchev–Trinajstić information content (AvgIpc) is 0. The van der Waals surface area contributed by atoms with Crippen LogP contribution < -0.4 is 0 Å². The third-order valence-electron chi connectivity index (χ3n) is 0. The van der Waals surface area contributed by atoms with Crippen LogP contribution in [0.25, 0.3) is 0 Å². The molecule has 0 heterocycles. The molecule has 0 saturated carbocycles. The summed E-state index contributed by atoms with van der Waals surface area (Å²) < 4.78 is 0. The van der Waals surface area contributed by atoms with Gasteiger partial charge in [0.05, 0.1) is 0 Å². The monoisotopic (exact) mass is 421 g/mol. The second-order valence-electron chi connectivity index (χ2n) is 0. The van der Waals surface area contributed by atoms with Gasteiger partial charge in [-0.3, -0.25) is 0 Å². The molecule has 0 aliphatic carbocycles. The van der Waals surface area contributed by atoms with Crippen molar-refractivity contribution in [2.45, 2.75) is 0 Å². The van der Waals surface area contributed by atoms with Gasteiger partial charge < -0.3 is 51.2 Å². The van der Waals surface area contributed by atoms with Gasteiger partial charge in [0.1, 0.15) is 0 Å². The summed E-state index contributed by atoms with van der Waals surface area (Å²) in [5.74, 6) is 0. The van der Waals surface area contributed by atoms with E-state index in [1.807, 2.05) is 0 Å². The van der Waals surface area contributed by atoms with E-state index in [0.29, 0.717) is 0 Å². The van der Waals surface area contributed by atoms with Crippen LogP contribution in [-0.4, -0.2) is 51.2 Å². The number of hydrogen-bond acceptors (Lipinski definition) is 0. The van der Waals surface area contributed by atoms with E-state index < -0.39 is 0 Å². The molecule has 0 aromatic carbocycles. The first kappa shape index (κ1) is 33.5. The Labute approximate surface area is 72.8 Å². The summed E-state index contributed by atoms with van der Waals surface area (Å²) in [7, 11) is 0. The number of hydrogen-bond donors (Lipinski definition) is 0. The molecule has 0 amide bonds. The van der Waals surface area contributed by atoms with Crippen LogP contribution in [0.2, 0.25) is 0 Å². The van der Waals surface area contributed by atoms with E-state index in [0.717, 1.165) is 0 Å². The number of rotatable bonds is 0. The predicted octanol–water partition coefficient (Wildman–Crippen LogP) is -1.14. The van der Waals surface area contributed by atoms with Crippen molar-refractivity contribution in [1.82, 2.24) is 0 Å². The topological polar surface area (TPSA) is 0 Å². The summed E-state index contributed by atoms with van der Waals surface area (Å²) in [5.41, 5.74) is 0. The fraction of sp³-hybridized carbons (Fsp3) is 0. The molecule has 24 valence electrons. The summed E-state index contributed by atoms with van der Waals surface area (Å²) in [6.45, 7) is 0. The third kappa shape index (κ3) is 8.85. The van der Waals surface area contributed by atoms with Crippen molar-refractivity contribution in [3.05, 3.63) is 0 Å². The molecule has 4 heavy (non-hydrogen) atoms. The molecule has 0 aromatic heterocycles. The van der Waals surface area contributed by atoms with Gasteiger partial charge in [-0.25, -0.2) is 0 Å². The maximum atomic E-state index is 0. The molecule has 0 spiro atoms. The Kier molecular flexibility index (Phi) is 155. The van der Waals surface area contributed by atoms with Gasteiger partial charge in [0.15, 0.2) is 0 Å². The molecule has 0 N–H and O–H groups in total. The van der Waals surface area contributed by atoms with Crippen LogP contribution in [0.3, 0.4) is 0 Å². The normalized spacial score (nSPS) is 0. The fourth-order valence-electron chi connectivity index (χ4n) is 0. The van der Waals surface area contributed by atoms with E-state index in [4.69, 9.17) is 0 Å². The van der Waals surface area contributed by atoms with Crippen molar-refractivity contribution >= 4 is 51.2 Å². The summed E-state index contributed by atoms with van der Waals surface area (Å²) in [6, 6.07) is 0. The summed E-state index contributed by atoms with van der Waals surface area (Å²) in [6.07, 6.45) is 0. The molecule has 0 unspecified atom stereocenters. The summed E-state index contributed by atoms with van der Waals surface area (Å²) in [4.78, 5) is 0. The van der Waals surface area contributed by atoms with Gasteiger partial charge >= 0.3 is 22.4 Å².